The molecule has 0 aliphatic carbocycles. The molecule has 25 heavy (non-hydrogen) atoms. The predicted molar refractivity (Wildman–Crippen MR) is 92.5 cm³/mol. The molecule has 0 aliphatic rings. The Morgan fingerprint density at radius 3 is 2.76 bits per heavy atom. The van der Waals surface area contributed by atoms with E-state index in [1.807, 2.05) is 6.07 Å². The van der Waals surface area contributed by atoms with Crippen LogP contribution in [-0.2, 0) is 0 Å². The molecule has 124 valence electrons. The Morgan fingerprint density at radius 2 is 2.08 bits per heavy atom. The number of hydrogen-bond donors (Lipinski definition) is 1. The quantitative estimate of drug-likeness (QED) is 0.543. The minimum atomic E-state index is -0.564. The zero-order valence-electron chi connectivity index (χ0n) is 12.3. The third kappa shape index (κ3) is 3.52. The molecule has 0 amide bonds. The second kappa shape index (κ2) is 6.76. The van der Waals surface area contributed by atoms with Crippen molar-refractivity contribution in [3.05, 3.63) is 68.6 Å². The van der Waals surface area contributed by atoms with Crippen LogP contribution >= 0.6 is 23.2 Å². The number of halogens is 2. The third-order valence-electron chi connectivity index (χ3n) is 3.19. The van der Waals surface area contributed by atoms with E-state index in [1.54, 1.807) is 6.20 Å². The number of nitro groups is 1. The monoisotopic (exact) mass is 374 g/mol. The van der Waals surface area contributed by atoms with Crippen molar-refractivity contribution in [1.82, 2.24) is 14.8 Å². The maximum absolute atomic E-state index is 11.2. The van der Waals surface area contributed by atoms with Crippen molar-refractivity contribution in [2.75, 3.05) is 5.32 Å². The largest absolute Gasteiger partial charge is 0.347 e. The molecule has 0 aliphatic heterocycles. The molecule has 3 rings (SSSR count). The molecule has 0 saturated heterocycles. The molecule has 3 aromatic rings. The Bertz CT molecular complexity index is 1010. The van der Waals surface area contributed by atoms with E-state index in [1.165, 1.54) is 41.3 Å². The fourth-order valence-corrected chi connectivity index (χ4v) is 2.56. The number of nitrogens with zero attached hydrogens (tertiary/aromatic N) is 5. The summed E-state index contributed by atoms with van der Waals surface area (Å²) in [6, 6.07) is 7.54. The van der Waals surface area contributed by atoms with Gasteiger partial charge in [0.25, 0.3) is 5.69 Å². The summed E-state index contributed by atoms with van der Waals surface area (Å²) < 4.78 is 1.41. The number of benzene rings is 1. The molecule has 0 fully saturated rings. The molecule has 0 atom stereocenters. The van der Waals surface area contributed by atoms with Gasteiger partial charge in [0, 0.05) is 12.3 Å². The Hall–Kier alpha value is -3.15. The van der Waals surface area contributed by atoms with Gasteiger partial charge in [-0.2, -0.15) is 10.4 Å². The van der Waals surface area contributed by atoms with Gasteiger partial charge in [0.05, 0.1) is 44.7 Å². The van der Waals surface area contributed by atoms with E-state index < -0.39 is 4.92 Å². The first-order valence-electron chi connectivity index (χ1n) is 6.79. The normalized spacial score (nSPS) is 10.3. The summed E-state index contributed by atoms with van der Waals surface area (Å²) >= 11 is 11.9. The van der Waals surface area contributed by atoms with Gasteiger partial charge in [-0.05, 0) is 18.2 Å². The molecule has 0 spiro atoms. The van der Waals surface area contributed by atoms with Crippen molar-refractivity contribution in [3.8, 4) is 11.9 Å². The van der Waals surface area contributed by atoms with E-state index in [-0.39, 0.29) is 16.9 Å². The predicted octanol–water partition coefficient (Wildman–Crippen LogP) is 4.10. The van der Waals surface area contributed by atoms with E-state index in [4.69, 9.17) is 28.5 Å². The van der Waals surface area contributed by atoms with Crippen molar-refractivity contribution in [2.45, 2.75) is 0 Å². The number of aromatic nitrogens is 3. The highest BCUT2D eigenvalue weighted by Gasteiger charge is 2.16. The lowest BCUT2D eigenvalue weighted by molar-refractivity contribution is -0.383. The maximum atomic E-state index is 11.2. The maximum Gasteiger partial charge on any atom is 0.293 e. The van der Waals surface area contributed by atoms with Gasteiger partial charge in [0.1, 0.15) is 5.69 Å². The molecule has 0 bridgehead atoms. The van der Waals surface area contributed by atoms with Crippen molar-refractivity contribution >= 4 is 40.3 Å². The number of nitrogens with one attached hydrogen (secondary N) is 1. The second-order valence-electron chi connectivity index (χ2n) is 4.86. The summed E-state index contributed by atoms with van der Waals surface area (Å²) in [6.45, 7) is 0. The Labute approximate surface area is 151 Å². The van der Waals surface area contributed by atoms with Gasteiger partial charge in [-0.15, -0.1) is 0 Å². The van der Waals surface area contributed by atoms with Gasteiger partial charge < -0.3 is 5.32 Å². The molecule has 2 aromatic heterocycles. The molecule has 0 radical (unpaired) electrons. The minimum absolute atomic E-state index is 0.199. The van der Waals surface area contributed by atoms with Gasteiger partial charge in [-0.3, -0.25) is 10.1 Å². The Kier molecular flexibility index (Phi) is 4.52. The Morgan fingerprint density at radius 1 is 1.28 bits per heavy atom. The van der Waals surface area contributed by atoms with Crippen molar-refractivity contribution in [3.63, 3.8) is 0 Å². The molecule has 10 heteroatoms. The highest BCUT2D eigenvalue weighted by Crippen LogP contribution is 2.29. The second-order valence-corrected chi connectivity index (χ2v) is 5.70. The molecular weight excluding hydrogens is 367 g/mol. The van der Waals surface area contributed by atoms with Gasteiger partial charge >= 0.3 is 0 Å². The van der Waals surface area contributed by atoms with Crippen LogP contribution in [-0.4, -0.2) is 19.7 Å². The summed E-state index contributed by atoms with van der Waals surface area (Å²) in [4.78, 5) is 14.7. The van der Waals surface area contributed by atoms with Crippen LogP contribution in [0.3, 0.4) is 0 Å². The summed E-state index contributed by atoms with van der Waals surface area (Å²) in [5.41, 5.74) is 0.707. The SMILES string of the molecule is N#Cc1ccc(Nc2cnn(-c3ncc(Cl)cc3Cl)c2)c([N+](=O)[O-])c1. The topological polar surface area (TPSA) is 110 Å². The van der Waals surface area contributed by atoms with Crippen LogP contribution in [0.25, 0.3) is 5.82 Å². The van der Waals surface area contributed by atoms with E-state index in [2.05, 4.69) is 15.4 Å². The standard InChI is InChI=1S/C15H8Cl2N6O2/c16-10-4-12(17)15(19-6-10)22-8-11(7-20-22)21-13-2-1-9(5-18)3-14(13)23(24)25/h1-4,6-8,21H. The van der Waals surface area contributed by atoms with Gasteiger partial charge in [-0.1, -0.05) is 23.2 Å². The highest BCUT2D eigenvalue weighted by atomic mass is 35.5. The van der Waals surface area contributed by atoms with Gasteiger partial charge in [0.15, 0.2) is 5.82 Å². The zero-order chi connectivity index (χ0) is 18.0. The van der Waals surface area contributed by atoms with E-state index in [0.29, 0.717) is 21.6 Å². The van der Waals surface area contributed by atoms with Crippen LogP contribution in [0, 0.1) is 21.4 Å². The molecule has 2 heterocycles. The van der Waals surface area contributed by atoms with Crippen molar-refractivity contribution in [2.24, 2.45) is 0 Å². The third-order valence-corrected chi connectivity index (χ3v) is 3.68. The lowest BCUT2D eigenvalue weighted by Gasteiger charge is -2.05. The molecule has 0 saturated carbocycles. The van der Waals surface area contributed by atoms with Crippen molar-refractivity contribution < 1.29 is 4.92 Å². The first-order valence-corrected chi connectivity index (χ1v) is 7.55. The van der Waals surface area contributed by atoms with Crippen molar-refractivity contribution in [1.29, 1.82) is 5.26 Å². The van der Waals surface area contributed by atoms with E-state index >= 15 is 0 Å². The van der Waals surface area contributed by atoms with Gasteiger partial charge in [0.2, 0.25) is 0 Å². The number of rotatable bonds is 4. The van der Waals surface area contributed by atoms with Crippen LogP contribution in [0.4, 0.5) is 17.1 Å². The van der Waals surface area contributed by atoms with Crippen LogP contribution in [0.5, 0.6) is 0 Å². The lowest BCUT2D eigenvalue weighted by Crippen LogP contribution is -1.99. The molecule has 1 aromatic carbocycles. The number of pyridine rings is 1. The van der Waals surface area contributed by atoms with Crippen LogP contribution in [0.2, 0.25) is 10.0 Å². The highest BCUT2D eigenvalue weighted by molar-refractivity contribution is 6.35. The van der Waals surface area contributed by atoms with E-state index in [0.717, 1.165) is 0 Å². The fourth-order valence-electron chi connectivity index (χ4n) is 2.09. The Balaban J connectivity index is 1.92. The zero-order valence-corrected chi connectivity index (χ0v) is 13.9. The van der Waals surface area contributed by atoms with Crippen LogP contribution < -0.4 is 5.32 Å². The van der Waals surface area contributed by atoms with Crippen LogP contribution in [0.1, 0.15) is 5.56 Å². The number of nitro benzene ring substituents is 1. The summed E-state index contributed by atoms with van der Waals surface area (Å²) in [5, 5.41) is 27.8. The summed E-state index contributed by atoms with van der Waals surface area (Å²) in [5.74, 6) is 0.369. The first kappa shape index (κ1) is 16.7. The first-order chi connectivity index (χ1) is 12.0. The smallest absolute Gasteiger partial charge is 0.293 e. The lowest BCUT2D eigenvalue weighted by atomic mass is 10.2. The summed E-state index contributed by atoms with van der Waals surface area (Å²) in [6.07, 6.45) is 4.47. The molecule has 0 unspecified atom stereocenters. The molecule has 1 N–H and O–H groups in total. The minimum Gasteiger partial charge on any atom is -0.347 e. The molecular formula is C15H8Cl2N6O2. The average Bonchev–Trinajstić information content (AvgIpc) is 3.03. The molecule has 8 nitrogen and oxygen atoms in total. The van der Waals surface area contributed by atoms with Gasteiger partial charge in [-0.25, -0.2) is 9.67 Å². The average molecular weight is 375 g/mol. The van der Waals surface area contributed by atoms with E-state index in [9.17, 15) is 10.1 Å². The summed E-state index contributed by atoms with van der Waals surface area (Å²) in [7, 11) is 0. The van der Waals surface area contributed by atoms with Crippen LogP contribution in [0.15, 0.2) is 42.9 Å². The number of hydrogen-bond acceptors (Lipinski definition) is 6. The number of anilines is 2. The number of nitriles is 1. The fraction of sp³-hybridized carbons (Fsp3) is 0.